The normalized spacial score (nSPS) is 12.8. The summed E-state index contributed by atoms with van der Waals surface area (Å²) < 4.78 is 0. The Labute approximate surface area is 178 Å². The van der Waals surface area contributed by atoms with Crippen molar-refractivity contribution in [2.45, 2.75) is 32.7 Å². The van der Waals surface area contributed by atoms with Crippen LogP contribution in [0.3, 0.4) is 0 Å². The number of nitrogens with zero attached hydrogens (tertiary/aromatic N) is 3. The molecule has 1 aliphatic carbocycles. The molecule has 0 heterocycles. The molecule has 0 aliphatic heterocycles. The van der Waals surface area contributed by atoms with Gasteiger partial charge in [-0.05, 0) is 51.0 Å². The molecule has 162 valence electrons. The molecule has 0 bridgehead atoms. The van der Waals surface area contributed by atoms with Crippen molar-refractivity contribution in [3.63, 3.8) is 0 Å². The van der Waals surface area contributed by atoms with Crippen LogP contribution < -0.4 is 5.32 Å². The first-order valence-electron chi connectivity index (χ1n) is 9.78. The number of amides is 2. The maximum absolute atomic E-state index is 12.9. The summed E-state index contributed by atoms with van der Waals surface area (Å²) in [5.74, 6) is -0.617. The van der Waals surface area contributed by atoms with Gasteiger partial charge in [0, 0.05) is 53.5 Å². The average molecular weight is 426 g/mol. The van der Waals surface area contributed by atoms with E-state index in [-0.39, 0.29) is 42.3 Å². The van der Waals surface area contributed by atoms with E-state index in [0.29, 0.717) is 22.3 Å². The summed E-state index contributed by atoms with van der Waals surface area (Å²) in [5, 5.41) is 24.6. The van der Waals surface area contributed by atoms with Gasteiger partial charge in [0.1, 0.15) is 0 Å². The maximum Gasteiger partial charge on any atom is 0.272 e. The van der Waals surface area contributed by atoms with Gasteiger partial charge in [-0.2, -0.15) is 0 Å². The molecule has 3 rings (SSSR count). The average Bonchev–Trinajstić information content (AvgIpc) is 3.55. The number of hydrogen-bond donors (Lipinski definition) is 1. The second-order valence-corrected chi connectivity index (χ2v) is 7.50. The molecule has 0 spiro atoms. The lowest BCUT2D eigenvalue weighted by Crippen LogP contribution is -2.40. The van der Waals surface area contributed by atoms with Gasteiger partial charge in [-0.1, -0.05) is 0 Å². The van der Waals surface area contributed by atoms with E-state index in [1.165, 1.54) is 36.4 Å². The number of nitro benzene ring substituents is 2. The van der Waals surface area contributed by atoms with Crippen molar-refractivity contribution >= 4 is 23.2 Å². The van der Waals surface area contributed by atoms with E-state index < -0.39 is 9.85 Å². The van der Waals surface area contributed by atoms with Crippen molar-refractivity contribution in [2.24, 2.45) is 0 Å². The van der Waals surface area contributed by atoms with E-state index in [4.69, 9.17) is 0 Å². The number of benzene rings is 2. The lowest BCUT2D eigenvalue weighted by Gasteiger charge is -2.23. The summed E-state index contributed by atoms with van der Waals surface area (Å²) in [4.78, 5) is 47.9. The first-order valence-corrected chi connectivity index (χ1v) is 9.78. The summed E-state index contributed by atoms with van der Waals surface area (Å²) in [6.45, 7) is 3.65. The smallest absolute Gasteiger partial charge is 0.272 e. The van der Waals surface area contributed by atoms with Crippen molar-refractivity contribution < 1.29 is 19.4 Å². The Kier molecular flexibility index (Phi) is 6.28. The summed E-state index contributed by atoms with van der Waals surface area (Å²) in [6.07, 6.45) is 1.74. The summed E-state index contributed by atoms with van der Waals surface area (Å²) in [6, 6.07) is 8.50. The molecular weight excluding hydrogens is 404 g/mol. The Hall–Kier alpha value is -3.82. The fourth-order valence-corrected chi connectivity index (χ4v) is 3.39. The standard InChI is InChI=1S/C21H22N4O6/c1-13-11-15(3-7-18(13)24(28)29)20(26)22-9-10-23(17-5-6-17)21(27)16-4-8-19(25(30)31)14(2)12-16/h3-4,7-8,11-12,17H,5-6,9-10H2,1-2H3,(H,22,26). The van der Waals surface area contributed by atoms with Gasteiger partial charge >= 0.3 is 0 Å². The third-order valence-electron chi connectivity index (χ3n) is 5.18. The van der Waals surface area contributed by atoms with Gasteiger partial charge in [-0.3, -0.25) is 29.8 Å². The number of hydrogen-bond acceptors (Lipinski definition) is 6. The number of carbonyl (C=O) groups is 2. The molecule has 31 heavy (non-hydrogen) atoms. The Balaban J connectivity index is 1.64. The van der Waals surface area contributed by atoms with Crippen LogP contribution in [0.4, 0.5) is 11.4 Å². The Morgan fingerprint density at radius 3 is 1.97 bits per heavy atom. The molecule has 10 nitrogen and oxygen atoms in total. The lowest BCUT2D eigenvalue weighted by atomic mass is 10.1. The molecule has 2 aromatic rings. The van der Waals surface area contributed by atoms with Crippen molar-refractivity contribution in [1.29, 1.82) is 0 Å². The summed E-state index contributed by atoms with van der Waals surface area (Å²) in [7, 11) is 0. The van der Waals surface area contributed by atoms with Crippen LogP contribution in [-0.2, 0) is 0 Å². The van der Waals surface area contributed by atoms with Crippen LogP contribution in [0.25, 0.3) is 0 Å². The molecule has 1 fully saturated rings. The molecular formula is C21H22N4O6. The minimum Gasteiger partial charge on any atom is -0.350 e. The molecule has 2 aromatic carbocycles. The Morgan fingerprint density at radius 1 is 0.968 bits per heavy atom. The lowest BCUT2D eigenvalue weighted by molar-refractivity contribution is -0.385. The van der Waals surface area contributed by atoms with Gasteiger partial charge in [-0.15, -0.1) is 0 Å². The quantitative estimate of drug-likeness (QED) is 0.509. The van der Waals surface area contributed by atoms with Crippen molar-refractivity contribution in [2.75, 3.05) is 13.1 Å². The molecule has 1 N–H and O–H groups in total. The van der Waals surface area contributed by atoms with Crippen LogP contribution in [0.1, 0.15) is 44.7 Å². The first kappa shape index (κ1) is 21.9. The van der Waals surface area contributed by atoms with E-state index in [2.05, 4.69) is 5.32 Å². The predicted octanol–water partition coefficient (Wildman–Crippen LogP) is 3.15. The van der Waals surface area contributed by atoms with Crippen LogP contribution >= 0.6 is 0 Å². The van der Waals surface area contributed by atoms with Gasteiger partial charge in [0.25, 0.3) is 23.2 Å². The van der Waals surface area contributed by atoms with E-state index in [9.17, 15) is 29.8 Å². The number of carbonyl (C=O) groups excluding carboxylic acids is 2. The molecule has 0 radical (unpaired) electrons. The van der Waals surface area contributed by atoms with Crippen LogP contribution in [0.5, 0.6) is 0 Å². The number of nitrogens with one attached hydrogen (secondary N) is 1. The topological polar surface area (TPSA) is 136 Å². The zero-order valence-electron chi connectivity index (χ0n) is 17.2. The Bertz CT molecular complexity index is 1060. The Morgan fingerprint density at radius 2 is 1.48 bits per heavy atom. The maximum atomic E-state index is 12.9. The minimum absolute atomic E-state index is 0.0415. The zero-order chi connectivity index (χ0) is 22.7. The summed E-state index contributed by atoms with van der Waals surface area (Å²) in [5.41, 5.74) is 1.38. The van der Waals surface area contributed by atoms with Gasteiger partial charge in [0.05, 0.1) is 9.85 Å². The highest BCUT2D eigenvalue weighted by molar-refractivity contribution is 5.96. The van der Waals surface area contributed by atoms with E-state index >= 15 is 0 Å². The second kappa shape index (κ2) is 8.90. The monoisotopic (exact) mass is 426 g/mol. The fraction of sp³-hybridized carbons (Fsp3) is 0.333. The molecule has 0 aromatic heterocycles. The minimum atomic E-state index is -0.504. The molecule has 1 aliphatic rings. The second-order valence-electron chi connectivity index (χ2n) is 7.50. The van der Waals surface area contributed by atoms with Gasteiger partial charge in [0.15, 0.2) is 0 Å². The molecule has 2 amide bonds. The molecule has 0 atom stereocenters. The van der Waals surface area contributed by atoms with Crippen molar-refractivity contribution in [3.8, 4) is 0 Å². The van der Waals surface area contributed by atoms with Crippen molar-refractivity contribution in [3.05, 3.63) is 78.9 Å². The third-order valence-corrected chi connectivity index (χ3v) is 5.18. The van der Waals surface area contributed by atoms with Gasteiger partial charge in [0.2, 0.25) is 0 Å². The summed E-state index contributed by atoms with van der Waals surface area (Å²) >= 11 is 0. The van der Waals surface area contributed by atoms with Crippen LogP contribution in [0.2, 0.25) is 0 Å². The highest BCUT2D eigenvalue weighted by Gasteiger charge is 2.33. The number of aryl methyl sites for hydroxylation is 2. The van der Waals surface area contributed by atoms with E-state index in [1.807, 2.05) is 0 Å². The third kappa shape index (κ3) is 5.03. The van der Waals surface area contributed by atoms with Crippen LogP contribution in [0.15, 0.2) is 36.4 Å². The SMILES string of the molecule is Cc1cc(C(=O)NCCN(C(=O)c2ccc([N+](=O)[O-])c(C)c2)C2CC2)ccc1[N+](=O)[O-]. The van der Waals surface area contributed by atoms with E-state index in [1.54, 1.807) is 18.7 Å². The number of rotatable bonds is 8. The molecule has 10 heteroatoms. The highest BCUT2D eigenvalue weighted by Crippen LogP contribution is 2.29. The van der Waals surface area contributed by atoms with Gasteiger partial charge < -0.3 is 10.2 Å². The fourth-order valence-electron chi connectivity index (χ4n) is 3.39. The first-order chi connectivity index (χ1) is 14.7. The largest absolute Gasteiger partial charge is 0.350 e. The van der Waals surface area contributed by atoms with Crippen LogP contribution in [-0.4, -0.2) is 45.7 Å². The number of nitro groups is 2. The van der Waals surface area contributed by atoms with Crippen LogP contribution in [0, 0.1) is 34.1 Å². The van der Waals surface area contributed by atoms with Gasteiger partial charge in [-0.25, -0.2) is 0 Å². The predicted molar refractivity (Wildman–Crippen MR) is 112 cm³/mol. The highest BCUT2D eigenvalue weighted by atomic mass is 16.6. The zero-order valence-corrected chi connectivity index (χ0v) is 17.2. The molecule has 0 saturated heterocycles. The molecule has 1 saturated carbocycles. The van der Waals surface area contributed by atoms with Crippen molar-refractivity contribution in [1.82, 2.24) is 10.2 Å². The molecule has 0 unspecified atom stereocenters. The van der Waals surface area contributed by atoms with E-state index in [0.717, 1.165) is 12.8 Å².